The Morgan fingerprint density at radius 3 is 2.25 bits per heavy atom. The highest BCUT2D eigenvalue weighted by Crippen LogP contribution is 2.06. The minimum absolute atomic E-state index is 0.0815. The summed E-state index contributed by atoms with van der Waals surface area (Å²) in [6, 6.07) is 4.07. The number of amides is 3. The van der Waals surface area contributed by atoms with Crippen LogP contribution in [0.1, 0.15) is 31.0 Å². The first-order valence-electron chi connectivity index (χ1n) is 12.6. The van der Waals surface area contributed by atoms with Gasteiger partial charge in [-0.05, 0) is 31.7 Å². The van der Waals surface area contributed by atoms with Gasteiger partial charge in [0.1, 0.15) is 18.1 Å². The van der Waals surface area contributed by atoms with E-state index in [0.29, 0.717) is 12.1 Å². The van der Waals surface area contributed by atoms with Crippen molar-refractivity contribution in [3.05, 3.63) is 54.1 Å². The van der Waals surface area contributed by atoms with E-state index in [9.17, 15) is 29.4 Å². The number of nitrogens with one attached hydrogen (secondary N) is 4. The standard InChI is InChI=1S/C25H37N9O6/c1-14(35)20(23(38)33-19(24(39)40)11-16-12-29-13-31-16)34-22(37)18(8-5-9-30-25(27)28)32-21(36)17(26)10-15-6-3-2-4-7-15/h2-4,6-7,12-14,17-20,35H,5,8-11,26H2,1H3,(H,29,31)(H,32,36)(H,33,38)(H,34,37)(H,39,40)(H4,27,28,30). The number of aromatic amines is 1. The number of benzene rings is 1. The van der Waals surface area contributed by atoms with Crippen LogP contribution in [0.5, 0.6) is 0 Å². The Morgan fingerprint density at radius 2 is 1.68 bits per heavy atom. The van der Waals surface area contributed by atoms with E-state index >= 15 is 0 Å². The third-order valence-corrected chi connectivity index (χ3v) is 5.87. The highest BCUT2D eigenvalue weighted by molar-refractivity contribution is 5.94. The lowest BCUT2D eigenvalue weighted by atomic mass is 10.0. The number of carboxylic acid groups (broad SMARTS) is 1. The zero-order valence-electron chi connectivity index (χ0n) is 22.1. The molecule has 0 radical (unpaired) electrons. The molecule has 15 heteroatoms. The smallest absolute Gasteiger partial charge is 0.326 e. The number of carbonyl (C=O) groups is 4. The van der Waals surface area contributed by atoms with Crippen LogP contribution in [-0.4, -0.2) is 86.6 Å². The van der Waals surface area contributed by atoms with Crippen molar-refractivity contribution in [1.29, 1.82) is 0 Å². The number of aliphatic hydroxyl groups is 1. The van der Waals surface area contributed by atoms with Crippen molar-refractivity contribution < 1.29 is 29.4 Å². The van der Waals surface area contributed by atoms with E-state index in [1.807, 2.05) is 30.3 Å². The van der Waals surface area contributed by atoms with E-state index in [1.165, 1.54) is 19.4 Å². The normalized spacial score (nSPS) is 14.6. The number of aliphatic hydroxyl groups excluding tert-OH is 1. The first-order valence-corrected chi connectivity index (χ1v) is 12.6. The van der Waals surface area contributed by atoms with Crippen LogP contribution in [0.2, 0.25) is 0 Å². The number of aliphatic carboxylic acids is 1. The molecule has 1 aromatic heterocycles. The molecule has 5 atom stereocenters. The lowest BCUT2D eigenvalue weighted by Crippen LogP contribution is -2.60. The molecule has 3 amide bonds. The average Bonchev–Trinajstić information content (AvgIpc) is 3.41. The van der Waals surface area contributed by atoms with Crippen molar-refractivity contribution in [3.63, 3.8) is 0 Å². The number of carbonyl (C=O) groups excluding carboxylic acids is 3. The fraction of sp³-hybridized carbons (Fsp3) is 0.440. The Labute approximate surface area is 231 Å². The van der Waals surface area contributed by atoms with E-state index < -0.39 is 54.0 Å². The lowest BCUT2D eigenvalue weighted by Gasteiger charge is -2.26. The maximum atomic E-state index is 13.2. The molecule has 0 spiro atoms. The van der Waals surface area contributed by atoms with Crippen molar-refractivity contribution in [2.24, 2.45) is 22.2 Å². The van der Waals surface area contributed by atoms with E-state index in [1.54, 1.807) is 0 Å². The molecule has 1 heterocycles. The van der Waals surface area contributed by atoms with Gasteiger partial charge in [0.05, 0.1) is 18.5 Å². The highest BCUT2D eigenvalue weighted by atomic mass is 16.4. The van der Waals surface area contributed by atoms with Gasteiger partial charge in [-0.2, -0.15) is 0 Å². The molecular formula is C25H37N9O6. The maximum absolute atomic E-state index is 13.2. The number of hydrogen-bond acceptors (Lipinski definition) is 8. The molecule has 1 aromatic carbocycles. The van der Waals surface area contributed by atoms with Crippen molar-refractivity contribution in [3.8, 4) is 0 Å². The van der Waals surface area contributed by atoms with Gasteiger partial charge >= 0.3 is 5.97 Å². The van der Waals surface area contributed by atoms with Gasteiger partial charge in [0, 0.05) is 24.9 Å². The van der Waals surface area contributed by atoms with E-state index in [2.05, 4.69) is 30.9 Å². The van der Waals surface area contributed by atoms with Crippen LogP contribution in [-0.2, 0) is 32.0 Å². The minimum Gasteiger partial charge on any atom is -0.480 e. The molecule has 0 saturated carbocycles. The van der Waals surface area contributed by atoms with Crippen LogP contribution in [0.3, 0.4) is 0 Å². The predicted molar refractivity (Wildman–Crippen MR) is 145 cm³/mol. The molecule has 12 N–H and O–H groups in total. The number of aromatic nitrogens is 2. The molecule has 40 heavy (non-hydrogen) atoms. The number of aliphatic imine (C=N–C) groups is 1. The first kappa shape index (κ1) is 31.7. The summed E-state index contributed by atoms with van der Waals surface area (Å²) in [4.78, 5) is 61.1. The Balaban J connectivity index is 2.12. The number of hydrogen-bond donors (Lipinski definition) is 9. The van der Waals surface area contributed by atoms with Gasteiger partial charge in [-0.25, -0.2) is 9.78 Å². The molecular weight excluding hydrogens is 522 g/mol. The molecule has 0 fully saturated rings. The number of carboxylic acids is 1. The molecule has 0 aliphatic rings. The molecule has 5 unspecified atom stereocenters. The van der Waals surface area contributed by atoms with Crippen LogP contribution in [0.4, 0.5) is 0 Å². The number of H-pyrrole nitrogens is 1. The van der Waals surface area contributed by atoms with Crippen LogP contribution in [0, 0.1) is 0 Å². The van der Waals surface area contributed by atoms with Gasteiger partial charge in [0.15, 0.2) is 5.96 Å². The van der Waals surface area contributed by atoms with Gasteiger partial charge in [-0.15, -0.1) is 0 Å². The topological polar surface area (TPSA) is 264 Å². The quantitative estimate of drug-likeness (QED) is 0.0592. The molecule has 2 aromatic rings. The van der Waals surface area contributed by atoms with E-state index in [4.69, 9.17) is 17.2 Å². The van der Waals surface area contributed by atoms with Gasteiger partial charge in [-0.3, -0.25) is 19.4 Å². The molecule has 0 bridgehead atoms. The van der Waals surface area contributed by atoms with Crippen LogP contribution in [0.25, 0.3) is 0 Å². The lowest BCUT2D eigenvalue weighted by molar-refractivity contribution is -0.143. The van der Waals surface area contributed by atoms with Gasteiger partial charge < -0.3 is 48.3 Å². The van der Waals surface area contributed by atoms with Crippen molar-refractivity contribution in [2.75, 3.05) is 6.54 Å². The van der Waals surface area contributed by atoms with Gasteiger partial charge in [0.2, 0.25) is 17.7 Å². The second-order valence-electron chi connectivity index (χ2n) is 9.21. The van der Waals surface area contributed by atoms with E-state index in [0.717, 1.165) is 5.56 Å². The Bertz CT molecular complexity index is 1140. The second kappa shape index (κ2) is 15.8. The number of imidazole rings is 1. The number of nitrogens with zero attached hydrogens (tertiary/aromatic N) is 2. The zero-order valence-corrected chi connectivity index (χ0v) is 22.1. The summed E-state index contributed by atoms with van der Waals surface area (Å²) in [6.07, 6.45) is 1.87. The monoisotopic (exact) mass is 559 g/mol. The first-order chi connectivity index (χ1) is 19.0. The Morgan fingerprint density at radius 1 is 1.00 bits per heavy atom. The van der Waals surface area contributed by atoms with Gasteiger partial charge in [0.25, 0.3) is 0 Å². The zero-order chi connectivity index (χ0) is 29.7. The average molecular weight is 560 g/mol. The fourth-order valence-corrected chi connectivity index (χ4v) is 3.75. The summed E-state index contributed by atoms with van der Waals surface area (Å²) in [5, 5.41) is 27.1. The summed E-state index contributed by atoms with van der Waals surface area (Å²) >= 11 is 0. The molecule has 218 valence electrons. The van der Waals surface area contributed by atoms with E-state index in [-0.39, 0.29) is 31.8 Å². The summed E-state index contributed by atoms with van der Waals surface area (Å²) in [5.74, 6) is -3.78. The van der Waals surface area contributed by atoms with Crippen LogP contribution in [0.15, 0.2) is 47.8 Å². The number of guanidine groups is 1. The summed E-state index contributed by atoms with van der Waals surface area (Å²) < 4.78 is 0. The second-order valence-corrected chi connectivity index (χ2v) is 9.21. The summed E-state index contributed by atoms with van der Waals surface area (Å²) in [7, 11) is 0. The fourth-order valence-electron chi connectivity index (χ4n) is 3.75. The number of rotatable bonds is 16. The van der Waals surface area contributed by atoms with Crippen molar-refractivity contribution in [1.82, 2.24) is 25.9 Å². The summed E-state index contributed by atoms with van der Waals surface area (Å²) in [6.45, 7) is 1.43. The summed E-state index contributed by atoms with van der Waals surface area (Å²) in [5.41, 5.74) is 18.0. The number of nitrogens with two attached hydrogens (primary N) is 3. The molecule has 0 aliphatic carbocycles. The maximum Gasteiger partial charge on any atom is 0.326 e. The van der Waals surface area contributed by atoms with Crippen LogP contribution < -0.4 is 33.2 Å². The van der Waals surface area contributed by atoms with Crippen LogP contribution >= 0.6 is 0 Å². The van der Waals surface area contributed by atoms with Gasteiger partial charge in [-0.1, -0.05) is 30.3 Å². The Kier molecular flexibility index (Phi) is 12.5. The van der Waals surface area contributed by atoms with Crippen molar-refractivity contribution in [2.45, 2.75) is 62.9 Å². The highest BCUT2D eigenvalue weighted by Gasteiger charge is 2.33. The molecule has 0 saturated heterocycles. The SMILES string of the molecule is CC(O)C(NC(=O)C(CCCN=C(N)N)NC(=O)C(N)Cc1ccccc1)C(=O)NC(Cc1cnc[nH]1)C(=O)O. The largest absolute Gasteiger partial charge is 0.480 e. The molecule has 15 nitrogen and oxygen atoms in total. The minimum atomic E-state index is -1.52. The molecule has 2 rings (SSSR count). The third kappa shape index (κ3) is 10.7. The predicted octanol–water partition coefficient (Wildman–Crippen LogP) is -2.50. The van der Waals surface area contributed by atoms with Crippen molar-refractivity contribution >= 4 is 29.7 Å². The Hall–Kier alpha value is -4.50. The third-order valence-electron chi connectivity index (χ3n) is 5.87. The molecule has 0 aliphatic heterocycles.